The van der Waals surface area contributed by atoms with Crippen LogP contribution in [-0.2, 0) is 19.1 Å². The Kier molecular flexibility index (Phi) is 3.69. The number of fused-ring (bicyclic) bond motifs is 1. The zero-order valence-corrected chi connectivity index (χ0v) is 13.8. The standard InChI is InChI=1S/C16H17ClN2O4/c1-16(15(22)23-3)11-10(13(20)19(2)14(11)21)12(18-16)8-4-6-9(17)7-5-8/h4-7,10-12,18H,1-3H3/p+1/t10-,11+,12-,16-/m0/s1. The molecule has 0 radical (unpaired) electrons. The van der Waals surface area contributed by atoms with Crippen molar-refractivity contribution >= 4 is 29.4 Å². The average molecular weight is 338 g/mol. The quantitative estimate of drug-likeness (QED) is 0.614. The second kappa shape index (κ2) is 5.32. The van der Waals surface area contributed by atoms with E-state index in [1.807, 2.05) is 12.1 Å². The molecule has 0 unspecified atom stereocenters. The number of quaternary nitrogens is 1. The van der Waals surface area contributed by atoms with Crippen LogP contribution in [-0.4, -0.2) is 42.4 Å². The molecule has 0 spiro atoms. The fourth-order valence-corrected chi connectivity index (χ4v) is 3.94. The molecule has 2 heterocycles. The number of nitrogens with two attached hydrogens (primary N) is 1. The van der Waals surface area contributed by atoms with E-state index in [4.69, 9.17) is 16.3 Å². The fourth-order valence-electron chi connectivity index (χ4n) is 3.81. The normalized spacial score (nSPS) is 33.0. The average Bonchev–Trinajstić information content (AvgIpc) is 2.97. The van der Waals surface area contributed by atoms with Gasteiger partial charge in [-0.1, -0.05) is 23.7 Å². The third-order valence-electron chi connectivity index (χ3n) is 5.01. The van der Waals surface area contributed by atoms with Gasteiger partial charge in [0.1, 0.15) is 17.9 Å². The van der Waals surface area contributed by atoms with Crippen molar-refractivity contribution < 1.29 is 24.4 Å². The van der Waals surface area contributed by atoms with E-state index in [0.717, 1.165) is 10.5 Å². The van der Waals surface area contributed by atoms with Gasteiger partial charge in [-0.15, -0.1) is 0 Å². The molecule has 4 atom stereocenters. The summed E-state index contributed by atoms with van der Waals surface area (Å²) in [5.41, 5.74) is -0.269. The van der Waals surface area contributed by atoms with Crippen LogP contribution < -0.4 is 5.32 Å². The summed E-state index contributed by atoms with van der Waals surface area (Å²) in [4.78, 5) is 38.5. The fraction of sp³-hybridized carbons (Fsp3) is 0.438. The largest absolute Gasteiger partial charge is 0.464 e. The third-order valence-corrected chi connectivity index (χ3v) is 5.26. The van der Waals surface area contributed by atoms with Gasteiger partial charge in [-0.3, -0.25) is 14.5 Å². The van der Waals surface area contributed by atoms with Crippen molar-refractivity contribution in [1.82, 2.24) is 4.90 Å². The molecule has 2 aliphatic rings. The van der Waals surface area contributed by atoms with Gasteiger partial charge in [0.15, 0.2) is 0 Å². The molecule has 122 valence electrons. The predicted molar refractivity (Wildman–Crippen MR) is 81.3 cm³/mol. The molecule has 2 fully saturated rings. The molecule has 2 N–H and O–H groups in total. The number of ether oxygens (including phenoxy) is 1. The molecule has 1 aromatic carbocycles. The maximum Gasteiger partial charge on any atom is 0.368 e. The number of carbonyl (C=O) groups excluding carboxylic acids is 3. The summed E-state index contributed by atoms with van der Waals surface area (Å²) in [6.07, 6.45) is 0. The van der Waals surface area contributed by atoms with Gasteiger partial charge >= 0.3 is 5.97 Å². The van der Waals surface area contributed by atoms with Crippen LogP contribution in [0.4, 0.5) is 0 Å². The summed E-state index contributed by atoms with van der Waals surface area (Å²) in [6.45, 7) is 1.66. The Bertz CT molecular complexity index is 690. The Balaban J connectivity index is 2.09. The first-order chi connectivity index (χ1) is 10.8. The Labute approximate surface area is 138 Å². The first-order valence-electron chi connectivity index (χ1n) is 7.32. The lowest BCUT2D eigenvalue weighted by molar-refractivity contribution is -0.731. The van der Waals surface area contributed by atoms with Crippen LogP contribution in [0.3, 0.4) is 0 Å². The van der Waals surface area contributed by atoms with Crippen LogP contribution >= 0.6 is 11.6 Å². The minimum atomic E-state index is -1.12. The smallest absolute Gasteiger partial charge is 0.368 e. The summed E-state index contributed by atoms with van der Waals surface area (Å²) in [5.74, 6) is -2.41. The highest BCUT2D eigenvalue weighted by Crippen LogP contribution is 2.43. The van der Waals surface area contributed by atoms with Gasteiger partial charge in [-0.05, 0) is 12.1 Å². The number of amides is 2. The molecule has 2 saturated heterocycles. The number of likely N-dealkylation sites (tertiary alicyclic amines) is 1. The van der Waals surface area contributed by atoms with Crippen molar-refractivity contribution in [2.75, 3.05) is 14.2 Å². The van der Waals surface area contributed by atoms with Gasteiger partial charge in [0.2, 0.25) is 17.4 Å². The summed E-state index contributed by atoms with van der Waals surface area (Å²) >= 11 is 5.92. The molecule has 7 heteroatoms. The minimum Gasteiger partial charge on any atom is -0.464 e. The van der Waals surface area contributed by atoms with E-state index < -0.39 is 23.3 Å². The number of benzene rings is 1. The molecule has 2 amide bonds. The third kappa shape index (κ3) is 2.16. The maximum atomic E-state index is 12.6. The molecule has 1 aromatic rings. The number of esters is 1. The Morgan fingerprint density at radius 3 is 2.43 bits per heavy atom. The van der Waals surface area contributed by atoms with Gasteiger partial charge in [-0.25, -0.2) is 4.79 Å². The molecule has 0 aromatic heterocycles. The second-order valence-electron chi connectivity index (χ2n) is 6.26. The summed E-state index contributed by atoms with van der Waals surface area (Å²) in [6, 6.07) is 6.78. The van der Waals surface area contributed by atoms with E-state index in [9.17, 15) is 14.4 Å². The number of nitrogens with zero attached hydrogens (tertiary/aromatic N) is 1. The topological polar surface area (TPSA) is 80.3 Å². The van der Waals surface area contributed by atoms with Gasteiger partial charge in [-0.2, -0.15) is 0 Å². The molecule has 3 rings (SSSR count). The number of carbonyl (C=O) groups is 3. The second-order valence-corrected chi connectivity index (χ2v) is 6.69. The number of methoxy groups -OCH3 is 1. The highest BCUT2D eigenvalue weighted by atomic mass is 35.5. The van der Waals surface area contributed by atoms with Crippen molar-refractivity contribution in [1.29, 1.82) is 0 Å². The van der Waals surface area contributed by atoms with Gasteiger partial charge in [0, 0.05) is 24.6 Å². The highest BCUT2D eigenvalue weighted by molar-refractivity contribution is 6.30. The van der Waals surface area contributed by atoms with Crippen molar-refractivity contribution in [3.8, 4) is 0 Å². The first-order valence-corrected chi connectivity index (χ1v) is 7.70. The lowest BCUT2D eigenvalue weighted by atomic mass is 9.80. The van der Waals surface area contributed by atoms with Crippen molar-refractivity contribution in [2.45, 2.75) is 18.5 Å². The Morgan fingerprint density at radius 1 is 1.26 bits per heavy atom. The van der Waals surface area contributed by atoms with Gasteiger partial charge < -0.3 is 10.1 Å². The lowest BCUT2D eigenvalue weighted by Gasteiger charge is -2.24. The summed E-state index contributed by atoms with van der Waals surface area (Å²) in [5, 5.41) is 2.37. The van der Waals surface area contributed by atoms with Crippen LogP contribution in [0.25, 0.3) is 0 Å². The summed E-state index contributed by atoms with van der Waals surface area (Å²) < 4.78 is 4.89. The maximum absolute atomic E-state index is 12.6. The lowest BCUT2D eigenvalue weighted by Crippen LogP contribution is -2.97. The highest BCUT2D eigenvalue weighted by Gasteiger charge is 2.70. The number of rotatable bonds is 2. The number of hydrogen-bond acceptors (Lipinski definition) is 4. The zero-order chi connectivity index (χ0) is 16.9. The van der Waals surface area contributed by atoms with Crippen LogP contribution in [0, 0.1) is 11.8 Å². The minimum absolute atomic E-state index is 0.260. The van der Waals surface area contributed by atoms with Crippen molar-refractivity contribution in [3.05, 3.63) is 34.9 Å². The zero-order valence-electron chi connectivity index (χ0n) is 13.1. The van der Waals surface area contributed by atoms with E-state index in [0.29, 0.717) is 5.02 Å². The molecule has 0 bridgehead atoms. The van der Waals surface area contributed by atoms with E-state index in [2.05, 4.69) is 0 Å². The first kappa shape index (κ1) is 16.0. The van der Waals surface area contributed by atoms with E-state index in [1.165, 1.54) is 14.2 Å². The molecule has 6 nitrogen and oxygen atoms in total. The molecule has 2 aliphatic heterocycles. The van der Waals surface area contributed by atoms with E-state index in [-0.39, 0.29) is 17.9 Å². The SMILES string of the molecule is COC(=O)[C@@]1(C)[NH2+][C@@H](c2ccc(Cl)cc2)[C@H]2C(=O)N(C)C(=O)[C@@H]21. The van der Waals surface area contributed by atoms with Gasteiger partial charge in [0.25, 0.3) is 0 Å². The molecular weight excluding hydrogens is 320 g/mol. The molecular formula is C16H18ClN2O4+. The number of hydrogen-bond donors (Lipinski definition) is 1. The van der Waals surface area contributed by atoms with Crippen LogP contribution in [0.5, 0.6) is 0 Å². The van der Waals surface area contributed by atoms with E-state index in [1.54, 1.807) is 24.4 Å². The Hall–Kier alpha value is -1.92. The van der Waals surface area contributed by atoms with Crippen molar-refractivity contribution in [2.24, 2.45) is 11.8 Å². The summed E-state index contributed by atoms with van der Waals surface area (Å²) in [7, 11) is 2.75. The predicted octanol–water partition coefficient (Wildman–Crippen LogP) is 0.121. The van der Waals surface area contributed by atoms with Crippen molar-refractivity contribution in [3.63, 3.8) is 0 Å². The van der Waals surface area contributed by atoms with E-state index >= 15 is 0 Å². The van der Waals surface area contributed by atoms with Gasteiger partial charge in [0.05, 0.1) is 7.11 Å². The Morgan fingerprint density at radius 2 is 1.87 bits per heavy atom. The number of halogens is 1. The van der Waals surface area contributed by atoms with Crippen LogP contribution in [0.1, 0.15) is 18.5 Å². The molecule has 23 heavy (non-hydrogen) atoms. The molecule has 0 aliphatic carbocycles. The molecule has 0 saturated carbocycles. The monoisotopic (exact) mass is 337 g/mol. The van der Waals surface area contributed by atoms with Crippen LogP contribution in [0.2, 0.25) is 5.02 Å². The van der Waals surface area contributed by atoms with Crippen LogP contribution in [0.15, 0.2) is 24.3 Å². The number of imide groups is 1.